The first-order valence-electron chi connectivity index (χ1n) is 9.42. The highest BCUT2D eigenvalue weighted by molar-refractivity contribution is 4.89. The van der Waals surface area contributed by atoms with Crippen LogP contribution in [0.15, 0.2) is 12.2 Å². The monoisotopic (exact) mass is 295 g/mol. The van der Waals surface area contributed by atoms with Crippen LogP contribution in [-0.4, -0.2) is 5.54 Å². The Kier molecular flexibility index (Phi) is 13.2. The molecule has 0 aliphatic rings. The number of rotatable bonds is 14. The lowest BCUT2D eigenvalue weighted by atomic mass is 9.82. The van der Waals surface area contributed by atoms with Crippen molar-refractivity contribution in [2.24, 2.45) is 11.7 Å². The van der Waals surface area contributed by atoms with Crippen LogP contribution in [0.4, 0.5) is 0 Å². The first-order valence-corrected chi connectivity index (χ1v) is 9.42. The Morgan fingerprint density at radius 2 is 1.33 bits per heavy atom. The van der Waals surface area contributed by atoms with Gasteiger partial charge in [0.05, 0.1) is 0 Å². The minimum Gasteiger partial charge on any atom is -0.325 e. The molecule has 0 saturated heterocycles. The van der Waals surface area contributed by atoms with Gasteiger partial charge in [-0.05, 0) is 39.5 Å². The number of hydrogen-bond donors (Lipinski definition) is 1. The molecule has 0 aromatic heterocycles. The third-order valence-corrected chi connectivity index (χ3v) is 4.61. The van der Waals surface area contributed by atoms with Crippen LogP contribution in [0.5, 0.6) is 0 Å². The second kappa shape index (κ2) is 13.4. The van der Waals surface area contributed by atoms with E-state index in [0.29, 0.717) is 5.92 Å². The average Bonchev–Trinajstić information content (AvgIpc) is 2.42. The molecule has 0 heterocycles. The van der Waals surface area contributed by atoms with E-state index in [1.165, 1.54) is 70.6 Å². The van der Waals surface area contributed by atoms with Gasteiger partial charge in [0.2, 0.25) is 0 Å². The quantitative estimate of drug-likeness (QED) is 0.283. The number of unbranched alkanes of at least 4 members (excludes halogenated alkanes) is 9. The predicted molar refractivity (Wildman–Crippen MR) is 97.6 cm³/mol. The van der Waals surface area contributed by atoms with E-state index in [1.807, 2.05) is 0 Å². The van der Waals surface area contributed by atoms with Gasteiger partial charge in [0.1, 0.15) is 0 Å². The minimum atomic E-state index is -0.0429. The maximum Gasteiger partial charge on any atom is 0.0128 e. The van der Waals surface area contributed by atoms with Crippen molar-refractivity contribution in [2.45, 2.75) is 110 Å². The van der Waals surface area contributed by atoms with E-state index in [4.69, 9.17) is 5.73 Å². The smallest absolute Gasteiger partial charge is 0.0128 e. The van der Waals surface area contributed by atoms with Gasteiger partial charge in [0.25, 0.3) is 0 Å². The Hall–Kier alpha value is -0.300. The van der Waals surface area contributed by atoms with Crippen molar-refractivity contribution in [3.63, 3.8) is 0 Å². The Morgan fingerprint density at radius 3 is 1.76 bits per heavy atom. The standard InChI is InChI=1S/C20H41N/c1-5-7-9-10-11-12-13-14-15-16-18-19(17-8-6-2)20(3,4)21/h6,8,19H,5,7,9-18,21H2,1-4H3. The van der Waals surface area contributed by atoms with E-state index in [-0.39, 0.29) is 5.54 Å². The highest BCUT2D eigenvalue weighted by atomic mass is 14.7. The van der Waals surface area contributed by atoms with E-state index in [9.17, 15) is 0 Å². The molecule has 0 aromatic rings. The molecule has 21 heavy (non-hydrogen) atoms. The third kappa shape index (κ3) is 13.1. The van der Waals surface area contributed by atoms with Crippen LogP contribution in [0.1, 0.15) is 105 Å². The summed E-state index contributed by atoms with van der Waals surface area (Å²) >= 11 is 0. The molecule has 0 aromatic carbocycles. The molecule has 0 bridgehead atoms. The third-order valence-electron chi connectivity index (χ3n) is 4.61. The SMILES string of the molecule is CC=CCC(CCCCCCCCCCCC)C(C)(C)N. The van der Waals surface area contributed by atoms with Crippen molar-refractivity contribution in [3.05, 3.63) is 12.2 Å². The number of hydrogen-bond acceptors (Lipinski definition) is 1. The molecule has 1 heteroatoms. The highest BCUT2D eigenvalue weighted by Gasteiger charge is 2.23. The van der Waals surface area contributed by atoms with Crippen molar-refractivity contribution in [1.82, 2.24) is 0 Å². The second-order valence-corrected chi connectivity index (χ2v) is 7.29. The first kappa shape index (κ1) is 20.7. The van der Waals surface area contributed by atoms with Gasteiger partial charge >= 0.3 is 0 Å². The molecule has 0 aliphatic carbocycles. The fourth-order valence-electron chi connectivity index (χ4n) is 2.97. The maximum absolute atomic E-state index is 6.31. The van der Waals surface area contributed by atoms with Gasteiger partial charge in [-0.25, -0.2) is 0 Å². The predicted octanol–water partition coefficient (Wildman–Crippen LogP) is 6.62. The van der Waals surface area contributed by atoms with E-state index in [0.717, 1.165) is 6.42 Å². The summed E-state index contributed by atoms with van der Waals surface area (Å²) in [5, 5.41) is 0. The van der Waals surface area contributed by atoms with Gasteiger partial charge in [0.15, 0.2) is 0 Å². The zero-order valence-corrected chi connectivity index (χ0v) is 15.3. The summed E-state index contributed by atoms with van der Waals surface area (Å²) in [5.74, 6) is 0.628. The topological polar surface area (TPSA) is 26.0 Å². The fraction of sp³-hybridized carbons (Fsp3) is 0.900. The molecular weight excluding hydrogens is 254 g/mol. The first-order chi connectivity index (χ1) is 10.0. The molecule has 0 amide bonds. The maximum atomic E-state index is 6.31. The molecule has 1 unspecified atom stereocenters. The second-order valence-electron chi connectivity index (χ2n) is 7.29. The molecule has 126 valence electrons. The lowest BCUT2D eigenvalue weighted by Crippen LogP contribution is -2.40. The summed E-state index contributed by atoms with van der Waals surface area (Å²) in [6.45, 7) is 8.74. The van der Waals surface area contributed by atoms with Crippen molar-refractivity contribution in [1.29, 1.82) is 0 Å². The van der Waals surface area contributed by atoms with Crippen molar-refractivity contribution < 1.29 is 0 Å². The lowest BCUT2D eigenvalue weighted by molar-refractivity contribution is 0.294. The van der Waals surface area contributed by atoms with Gasteiger partial charge < -0.3 is 5.73 Å². The summed E-state index contributed by atoms with van der Waals surface area (Å²) in [6, 6.07) is 0. The van der Waals surface area contributed by atoms with Gasteiger partial charge in [-0.3, -0.25) is 0 Å². The zero-order valence-electron chi connectivity index (χ0n) is 15.3. The Bertz CT molecular complexity index is 237. The summed E-state index contributed by atoms with van der Waals surface area (Å²) in [5.41, 5.74) is 6.26. The number of allylic oxidation sites excluding steroid dienone is 2. The van der Waals surface area contributed by atoms with Gasteiger partial charge in [-0.1, -0.05) is 83.3 Å². The molecular formula is C20H41N. The summed E-state index contributed by atoms with van der Waals surface area (Å²) in [7, 11) is 0. The molecule has 0 saturated carbocycles. The van der Waals surface area contributed by atoms with Crippen LogP contribution in [-0.2, 0) is 0 Å². The van der Waals surface area contributed by atoms with Crippen LogP contribution in [0, 0.1) is 5.92 Å². The van der Waals surface area contributed by atoms with Crippen LogP contribution < -0.4 is 5.73 Å². The molecule has 1 atom stereocenters. The Balaban J connectivity index is 3.54. The van der Waals surface area contributed by atoms with Crippen LogP contribution in [0.25, 0.3) is 0 Å². The Morgan fingerprint density at radius 1 is 0.857 bits per heavy atom. The van der Waals surface area contributed by atoms with Gasteiger partial charge in [0, 0.05) is 5.54 Å². The largest absolute Gasteiger partial charge is 0.325 e. The van der Waals surface area contributed by atoms with E-state index in [1.54, 1.807) is 0 Å². The van der Waals surface area contributed by atoms with Crippen molar-refractivity contribution in [3.8, 4) is 0 Å². The molecule has 0 rings (SSSR count). The van der Waals surface area contributed by atoms with Crippen LogP contribution in [0.3, 0.4) is 0 Å². The summed E-state index contributed by atoms with van der Waals surface area (Å²) in [4.78, 5) is 0. The van der Waals surface area contributed by atoms with Crippen LogP contribution >= 0.6 is 0 Å². The number of nitrogens with two attached hydrogens (primary N) is 1. The lowest BCUT2D eigenvalue weighted by Gasteiger charge is -2.30. The molecule has 0 fully saturated rings. The minimum absolute atomic E-state index is 0.0429. The average molecular weight is 296 g/mol. The molecule has 0 aliphatic heterocycles. The normalized spacial score (nSPS) is 14.0. The van der Waals surface area contributed by atoms with Crippen molar-refractivity contribution in [2.75, 3.05) is 0 Å². The van der Waals surface area contributed by atoms with E-state index >= 15 is 0 Å². The zero-order chi connectivity index (χ0) is 16.0. The highest BCUT2D eigenvalue weighted by Crippen LogP contribution is 2.25. The van der Waals surface area contributed by atoms with E-state index in [2.05, 4.69) is 39.8 Å². The molecule has 0 radical (unpaired) electrons. The summed E-state index contributed by atoms with van der Waals surface area (Å²) < 4.78 is 0. The summed E-state index contributed by atoms with van der Waals surface area (Å²) in [6.07, 6.45) is 21.0. The van der Waals surface area contributed by atoms with Crippen LogP contribution in [0.2, 0.25) is 0 Å². The van der Waals surface area contributed by atoms with E-state index < -0.39 is 0 Å². The van der Waals surface area contributed by atoms with Gasteiger partial charge in [-0.15, -0.1) is 0 Å². The van der Waals surface area contributed by atoms with Gasteiger partial charge in [-0.2, -0.15) is 0 Å². The molecule has 0 spiro atoms. The molecule has 1 nitrogen and oxygen atoms in total. The fourth-order valence-corrected chi connectivity index (χ4v) is 2.97. The molecule has 2 N–H and O–H groups in total. The Labute approximate surface area is 134 Å². The van der Waals surface area contributed by atoms with Crippen molar-refractivity contribution >= 4 is 0 Å².